The van der Waals surface area contributed by atoms with Crippen molar-refractivity contribution in [3.8, 4) is 0 Å². The zero-order valence-electron chi connectivity index (χ0n) is 17.4. The molecule has 0 aromatic heterocycles. The van der Waals surface area contributed by atoms with Crippen molar-refractivity contribution >= 4 is 0 Å². The lowest BCUT2D eigenvalue weighted by Crippen LogP contribution is -2.50. The Morgan fingerprint density at radius 1 is 0.739 bits per heavy atom. The fourth-order valence-corrected chi connectivity index (χ4v) is 2.54. The molecule has 5 nitrogen and oxygen atoms in total. The highest BCUT2D eigenvalue weighted by atomic mass is 15.2. The monoisotopic (exact) mass is 329 g/mol. The normalized spacial score (nSPS) is 18.0. The Hall–Kier alpha value is -0.200. The van der Waals surface area contributed by atoms with Gasteiger partial charge in [-0.3, -0.25) is 0 Å². The van der Waals surface area contributed by atoms with Gasteiger partial charge in [0.1, 0.15) is 0 Å². The molecule has 5 heteroatoms. The van der Waals surface area contributed by atoms with Crippen molar-refractivity contribution in [2.45, 2.75) is 51.4 Å². The number of hydrogen-bond donors (Lipinski definition) is 1. The van der Waals surface area contributed by atoms with Crippen LogP contribution in [0.4, 0.5) is 0 Å². The van der Waals surface area contributed by atoms with Crippen LogP contribution in [0.2, 0.25) is 0 Å². The lowest BCUT2D eigenvalue weighted by Gasteiger charge is -2.34. The Balaban J connectivity index is 4.38. The smallest absolute Gasteiger partial charge is 0.0235 e. The minimum absolute atomic E-state index is 0.516. The molecule has 23 heavy (non-hydrogen) atoms. The molecule has 0 aliphatic rings. The third-order valence-corrected chi connectivity index (χ3v) is 5.23. The molecule has 0 bridgehead atoms. The molecule has 4 atom stereocenters. The largest absolute Gasteiger partial charge is 0.311 e. The Morgan fingerprint density at radius 2 is 1.26 bits per heavy atom. The van der Waals surface area contributed by atoms with E-state index in [9.17, 15) is 0 Å². The van der Waals surface area contributed by atoms with Crippen LogP contribution in [0.3, 0.4) is 0 Å². The maximum Gasteiger partial charge on any atom is 0.0235 e. The lowest BCUT2D eigenvalue weighted by molar-refractivity contribution is 0.185. The molecule has 0 aromatic carbocycles. The molecule has 140 valence electrons. The van der Waals surface area contributed by atoms with Gasteiger partial charge in [-0.05, 0) is 76.5 Å². The number of rotatable bonds is 12. The third kappa shape index (κ3) is 9.62. The van der Waals surface area contributed by atoms with Crippen LogP contribution in [0, 0.1) is 0 Å². The van der Waals surface area contributed by atoms with E-state index in [-0.39, 0.29) is 0 Å². The summed E-state index contributed by atoms with van der Waals surface area (Å²) in [5, 5.41) is 3.80. The molecule has 0 amide bonds. The number of likely N-dealkylation sites (N-methyl/N-ethyl adjacent to an activating group) is 3. The van der Waals surface area contributed by atoms with Crippen molar-refractivity contribution in [1.29, 1.82) is 0 Å². The van der Waals surface area contributed by atoms with Crippen molar-refractivity contribution in [3.05, 3.63) is 0 Å². The summed E-state index contributed by atoms with van der Waals surface area (Å²) in [6, 6.07) is 2.22. The zero-order chi connectivity index (χ0) is 18.2. The number of nitrogens with zero attached hydrogens (tertiary/aromatic N) is 4. The van der Waals surface area contributed by atoms with Gasteiger partial charge in [-0.15, -0.1) is 0 Å². The fourth-order valence-electron chi connectivity index (χ4n) is 2.54. The molecule has 0 saturated carbocycles. The number of hydrogen-bond acceptors (Lipinski definition) is 5. The van der Waals surface area contributed by atoms with Crippen LogP contribution in [0.1, 0.15) is 27.2 Å². The van der Waals surface area contributed by atoms with Crippen LogP contribution < -0.4 is 5.32 Å². The van der Waals surface area contributed by atoms with Crippen molar-refractivity contribution in [1.82, 2.24) is 24.9 Å². The van der Waals surface area contributed by atoms with E-state index in [0.29, 0.717) is 24.2 Å². The van der Waals surface area contributed by atoms with E-state index in [1.807, 2.05) is 0 Å². The van der Waals surface area contributed by atoms with E-state index in [0.717, 1.165) is 19.6 Å². The van der Waals surface area contributed by atoms with E-state index in [1.165, 1.54) is 6.42 Å². The van der Waals surface area contributed by atoms with Crippen molar-refractivity contribution in [2.24, 2.45) is 0 Å². The average molecular weight is 330 g/mol. The van der Waals surface area contributed by atoms with Gasteiger partial charge in [0.15, 0.2) is 0 Å². The van der Waals surface area contributed by atoms with Crippen LogP contribution in [0.5, 0.6) is 0 Å². The molecule has 0 saturated heterocycles. The van der Waals surface area contributed by atoms with E-state index in [4.69, 9.17) is 0 Å². The Bertz CT molecular complexity index is 293. The fraction of sp³-hybridized carbons (Fsp3) is 1.00. The highest BCUT2D eigenvalue weighted by Gasteiger charge is 2.22. The molecule has 0 fully saturated rings. The second kappa shape index (κ2) is 11.4. The van der Waals surface area contributed by atoms with Gasteiger partial charge in [0.2, 0.25) is 0 Å². The first-order valence-corrected chi connectivity index (χ1v) is 8.97. The Labute approximate surface area is 146 Å². The van der Waals surface area contributed by atoms with E-state index >= 15 is 0 Å². The molecule has 0 aliphatic heterocycles. The summed E-state index contributed by atoms with van der Waals surface area (Å²) in [5.41, 5.74) is 0. The van der Waals surface area contributed by atoms with Crippen molar-refractivity contribution in [2.75, 3.05) is 69.0 Å². The summed E-state index contributed by atoms with van der Waals surface area (Å²) >= 11 is 0. The molecular formula is C18H43N5. The second-order valence-corrected chi connectivity index (χ2v) is 7.89. The molecule has 4 unspecified atom stereocenters. The van der Waals surface area contributed by atoms with Crippen LogP contribution in [-0.4, -0.2) is 113 Å². The van der Waals surface area contributed by atoms with Gasteiger partial charge >= 0.3 is 0 Å². The summed E-state index contributed by atoms with van der Waals surface area (Å²) in [6.45, 7) is 10.1. The van der Waals surface area contributed by atoms with Crippen LogP contribution in [-0.2, 0) is 0 Å². The highest BCUT2D eigenvalue weighted by molar-refractivity contribution is 4.82. The molecule has 0 spiro atoms. The molecule has 0 radical (unpaired) electrons. The summed E-state index contributed by atoms with van der Waals surface area (Å²) in [6.07, 6.45) is 1.17. The standard InChI is InChI=1S/C18H43N5/c1-15(20(4)5)13-18(17(3)22(8)9)19-11-12-23(10)14-16(2)21(6)7/h15-19H,11-14H2,1-10H3. The van der Waals surface area contributed by atoms with Gasteiger partial charge in [0, 0.05) is 43.8 Å². The van der Waals surface area contributed by atoms with Gasteiger partial charge in [-0.1, -0.05) is 0 Å². The van der Waals surface area contributed by atoms with Crippen LogP contribution >= 0.6 is 0 Å². The van der Waals surface area contributed by atoms with E-state index in [2.05, 4.69) is 95.0 Å². The second-order valence-electron chi connectivity index (χ2n) is 7.89. The van der Waals surface area contributed by atoms with Crippen molar-refractivity contribution < 1.29 is 0 Å². The molecule has 0 rings (SSSR count). The van der Waals surface area contributed by atoms with E-state index in [1.54, 1.807) is 0 Å². The summed E-state index contributed by atoms with van der Waals surface area (Å²) in [7, 11) is 15.2. The van der Waals surface area contributed by atoms with Crippen LogP contribution in [0.25, 0.3) is 0 Å². The molecule has 0 aromatic rings. The molecule has 0 aliphatic carbocycles. The molecule has 0 heterocycles. The third-order valence-electron chi connectivity index (χ3n) is 5.23. The minimum Gasteiger partial charge on any atom is -0.311 e. The minimum atomic E-state index is 0.516. The summed E-state index contributed by atoms with van der Waals surface area (Å²) < 4.78 is 0. The topological polar surface area (TPSA) is 25.0 Å². The maximum atomic E-state index is 3.80. The molecular weight excluding hydrogens is 286 g/mol. The Morgan fingerprint density at radius 3 is 1.70 bits per heavy atom. The summed E-state index contributed by atoms with van der Waals surface area (Å²) in [5.74, 6) is 0. The van der Waals surface area contributed by atoms with Crippen molar-refractivity contribution in [3.63, 3.8) is 0 Å². The highest BCUT2D eigenvalue weighted by Crippen LogP contribution is 2.10. The number of nitrogens with one attached hydrogen (secondary N) is 1. The quantitative estimate of drug-likeness (QED) is 0.578. The van der Waals surface area contributed by atoms with Gasteiger partial charge < -0.3 is 24.9 Å². The van der Waals surface area contributed by atoms with Gasteiger partial charge in [-0.2, -0.15) is 0 Å². The average Bonchev–Trinajstić information content (AvgIpc) is 2.44. The first-order valence-electron chi connectivity index (χ1n) is 8.97. The molecule has 1 N–H and O–H groups in total. The first kappa shape index (κ1) is 22.8. The maximum absolute atomic E-state index is 3.80. The first-order chi connectivity index (χ1) is 10.6. The van der Waals surface area contributed by atoms with Gasteiger partial charge in [-0.25, -0.2) is 0 Å². The summed E-state index contributed by atoms with van der Waals surface area (Å²) in [4.78, 5) is 9.32. The van der Waals surface area contributed by atoms with Gasteiger partial charge in [0.05, 0.1) is 0 Å². The zero-order valence-corrected chi connectivity index (χ0v) is 17.4. The lowest BCUT2D eigenvalue weighted by atomic mass is 10.0. The SMILES string of the molecule is CC(CC(NCCN(C)CC(C)N(C)C)C(C)N(C)C)N(C)C. The predicted octanol–water partition coefficient (Wildman–Crippen LogP) is 1.12. The Kier molecular flexibility index (Phi) is 11.3. The predicted molar refractivity (Wildman–Crippen MR) is 103 cm³/mol. The van der Waals surface area contributed by atoms with E-state index < -0.39 is 0 Å². The van der Waals surface area contributed by atoms with Gasteiger partial charge in [0.25, 0.3) is 0 Å². The van der Waals surface area contributed by atoms with Crippen LogP contribution in [0.15, 0.2) is 0 Å².